The fraction of sp³-hybridized carbons (Fsp3) is 0.571. The van der Waals surface area contributed by atoms with Crippen molar-refractivity contribution >= 4 is 15.7 Å². The summed E-state index contributed by atoms with van der Waals surface area (Å²) in [6.07, 6.45) is 2.77. The molecule has 1 aliphatic carbocycles. The van der Waals surface area contributed by atoms with E-state index in [0.29, 0.717) is 17.1 Å². The molecule has 0 aliphatic heterocycles. The lowest BCUT2D eigenvalue weighted by atomic mass is 10.1. The number of aryl methyl sites for hydroxylation is 1. The number of hydrogen-bond acceptors (Lipinski definition) is 3. The molecule has 1 aromatic rings. The number of nitrogens with two attached hydrogens (primary N) is 1. The topological polar surface area (TPSA) is 63.4 Å². The second-order valence-corrected chi connectivity index (χ2v) is 7.17. The van der Waals surface area contributed by atoms with E-state index in [1.165, 1.54) is 0 Å². The molecule has 2 rings (SSSR count). The van der Waals surface area contributed by atoms with Gasteiger partial charge in [0.2, 0.25) is 10.0 Å². The summed E-state index contributed by atoms with van der Waals surface area (Å²) in [5, 5.41) is 0. The van der Waals surface area contributed by atoms with Crippen LogP contribution in [0.2, 0.25) is 0 Å². The Morgan fingerprint density at radius 1 is 1.32 bits per heavy atom. The number of rotatable bonds is 5. The van der Waals surface area contributed by atoms with E-state index >= 15 is 0 Å². The maximum Gasteiger partial charge on any atom is 0.243 e. The Kier molecular flexibility index (Phi) is 3.87. The lowest BCUT2D eigenvalue weighted by Crippen LogP contribution is -2.34. The number of benzene rings is 1. The van der Waals surface area contributed by atoms with Gasteiger partial charge >= 0.3 is 0 Å². The van der Waals surface area contributed by atoms with Crippen LogP contribution >= 0.6 is 0 Å². The van der Waals surface area contributed by atoms with Gasteiger partial charge in [0, 0.05) is 18.3 Å². The third-order valence-corrected chi connectivity index (χ3v) is 5.70. The van der Waals surface area contributed by atoms with Crippen molar-refractivity contribution in [2.45, 2.75) is 51.0 Å². The van der Waals surface area contributed by atoms with Gasteiger partial charge in [0.15, 0.2) is 0 Å². The molecule has 0 bridgehead atoms. The Bertz CT molecular complexity index is 577. The van der Waals surface area contributed by atoms with Crippen LogP contribution in [0.4, 0.5) is 5.69 Å². The molecule has 1 aliphatic rings. The molecule has 0 amide bonds. The smallest absolute Gasteiger partial charge is 0.243 e. The van der Waals surface area contributed by atoms with E-state index in [2.05, 4.69) is 0 Å². The van der Waals surface area contributed by atoms with E-state index in [1.54, 1.807) is 10.4 Å². The lowest BCUT2D eigenvalue weighted by molar-refractivity contribution is 0.403. The summed E-state index contributed by atoms with van der Waals surface area (Å²) in [7, 11) is -3.42. The van der Waals surface area contributed by atoms with Crippen LogP contribution in [-0.2, 0) is 10.0 Å². The predicted molar refractivity (Wildman–Crippen MR) is 77.5 cm³/mol. The van der Waals surface area contributed by atoms with Crippen LogP contribution in [0, 0.1) is 13.8 Å². The summed E-state index contributed by atoms with van der Waals surface area (Å²) >= 11 is 0. The van der Waals surface area contributed by atoms with Crippen LogP contribution in [-0.4, -0.2) is 25.3 Å². The number of hydrogen-bond donors (Lipinski definition) is 1. The highest BCUT2D eigenvalue weighted by Crippen LogP contribution is 2.34. The number of sulfonamides is 1. The van der Waals surface area contributed by atoms with Gasteiger partial charge in [0.05, 0.1) is 4.90 Å². The van der Waals surface area contributed by atoms with Gasteiger partial charge in [0.25, 0.3) is 0 Å². The average Bonchev–Trinajstić information content (AvgIpc) is 3.14. The SMILES string of the molecule is CCCN(C1CC1)S(=O)(=O)c1cc(N)cc(C)c1C. The molecule has 0 radical (unpaired) electrons. The van der Waals surface area contributed by atoms with Crippen LogP contribution in [0.1, 0.15) is 37.3 Å². The first kappa shape index (κ1) is 14.3. The molecule has 106 valence electrons. The highest BCUT2D eigenvalue weighted by Gasteiger charge is 2.38. The van der Waals surface area contributed by atoms with Gasteiger partial charge in [-0.2, -0.15) is 4.31 Å². The summed E-state index contributed by atoms with van der Waals surface area (Å²) in [6.45, 7) is 6.33. The van der Waals surface area contributed by atoms with Crippen molar-refractivity contribution in [2.24, 2.45) is 0 Å². The molecule has 4 nitrogen and oxygen atoms in total. The van der Waals surface area contributed by atoms with Gasteiger partial charge in [0.1, 0.15) is 0 Å². The Hall–Kier alpha value is -1.07. The molecule has 1 saturated carbocycles. The molecule has 1 fully saturated rings. The quantitative estimate of drug-likeness (QED) is 0.844. The minimum Gasteiger partial charge on any atom is -0.399 e. The molecular weight excluding hydrogens is 260 g/mol. The zero-order valence-corrected chi connectivity index (χ0v) is 12.6. The largest absolute Gasteiger partial charge is 0.399 e. The van der Waals surface area contributed by atoms with Crippen LogP contribution in [0.3, 0.4) is 0 Å². The molecule has 19 heavy (non-hydrogen) atoms. The monoisotopic (exact) mass is 282 g/mol. The normalized spacial score (nSPS) is 16.0. The summed E-state index contributed by atoms with van der Waals surface area (Å²) in [6, 6.07) is 3.59. The van der Waals surface area contributed by atoms with E-state index < -0.39 is 10.0 Å². The van der Waals surface area contributed by atoms with Crippen molar-refractivity contribution in [3.05, 3.63) is 23.3 Å². The van der Waals surface area contributed by atoms with Gasteiger partial charge in [-0.3, -0.25) is 0 Å². The van der Waals surface area contributed by atoms with Gasteiger partial charge in [-0.15, -0.1) is 0 Å². The molecule has 0 unspecified atom stereocenters. The fourth-order valence-electron chi connectivity index (χ4n) is 2.33. The Labute approximate surface area is 115 Å². The highest BCUT2D eigenvalue weighted by molar-refractivity contribution is 7.89. The number of nitrogens with zero attached hydrogens (tertiary/aromatic N) is 1. The molecule has 1 aromatic carbocycles. The summed E-state index contributed by atoms with van der Waals surface area (Å²) in [5.41, 5.74) is 8.04. The minimum atomic E-state index is -3.42. The molecular formula is C14H22N2O2S. The van der Waals surface area contributed by atoms with Crippen molar-refractivity contribution in [1.29, 1.82) is 0 Å². The van der Waals surface area contributed by atoms with Gasteiger partial charge < -0.3 is 5.73 Å². The molecule has 0 aromatic heterocycles. The van der Waals surface area contributed by atoms with Crippen molar-refractivity contribution in [1.82, 2.24) is 4.31 Å². The predicted octanol–water partition coefficient (Wildman–Crippen LogP) is 2.45. The number of nitrogen functional groups attached to an aromatic ring is 1. The molecule has 0 atom stereocenters. The van der Waals surface area contributed by atoms with Crippen molar-refractivity contribution in [3.63, 3.8) is 0 Å². The molecule has 0 spiro atoms. The fourth-order valence-corrected chi connectivity index (χ4v) is 4.44. The Balaban J connectivity index is 2.49. The van der Waals surface area contributed by atoms with Crippen molar-refractivity contribution in [3.8, 4) is 0 Å². The summed E-state index contributed by atoms with van der Waals surface area (Å²) in [5.74, 6) is 0. The molecule has 5 heteroatoms. The zero-order valence-electron chi connectivity index (χ0n) is 11.8. The van der Waals surface area contributed by atoms with Crippen molar-refractivity contribution < 1.29 is 8.42 Å². The molecule has 0 heterocycles. The van der Waals surface area contributed by atoms with E-state index in [0.717, 1.165) is 30.4 Å². The maximum absolute atomic E-state index is 12.8. The zero-order chi connectivity index (χ0) is 14.2. The summed E-state index contributed by atoms with van der Waals surface area (Å²) in [4.78, 5) is 0.366. The third kappa shape index (κ3) is 2.77. The maximum atomic E-state index is 12.8. The van der Waals surface area contributed by atoms with Gasteiger partial charge in [-0.25, -0.2) is 8.42 Å². The first-order chi connectivity index (χ1) is 8.87. The van der Waals surface area contributed by atoms with Crippen LogP contribution in [0.5, 0.6) is 0 Å². The summed E-state index contributed by atoms with van der Waals surface area (Å²) < 4.78 is 27.2. The first-order valence-corrected chi connectivity index (χ1v) is 8.20. The van der Waals surface area contributed by atoms with E-state index in [9.17, 15) is 8.42 Å². The second kappa shape index (κ2) is 5.13. The minimum absolute atomic E-state index is 0.186. The Morgan fingerprint density at radius 2 is 1.95 bits per heavy atom. The highest BCUT2D eigenvalue weighted by atomic mass is 32.2. The lowest BCUT2D eigenvalue weighted by Gasteiger charge is -2.23. The van der Waals surface area contributed by atoms with E-state index in [1.807, 2.05) is 26.8 Å². The third-order valence-electron chi connectivity index (χ3n) is 3.63. The number of anilines is 1. The molecule has 0 saturated heterocycles. The van der Waals surface area contributed by atoms with E-state index in [4.69, 9.17) is 5.73 Å². The standard InChI is InChI=1S/C14H22N2O2S/c1-4-7-16(13-5-6-13)19(17,18)14-9-12(15)8-10(2)11(14)3/h8-9,13H,4-7,15H2,1-3H3. The Morgan fingerprint density at radius 3 is 2.47 bits per heavy atom. The molecule has 2 N–H and O–H groups in total. The van der Waals surface area contributed by atoms with Crippen LogP contribution < -0.4 is 5.73 Å². The van der Waals surface area contributed by atoms with Gasteiger partial charge in [-0.1, -0.05) is 6.92 Å². The average molecular weight is 282 g/mol. The van der Waals surface area contributed by atoms with Gasteiger partial charge in [-0.05, 0) is 56.4 Å². The van der Waals surface area contributed by atoms with Crippen LogP contribution in [0.25, 0.3) is 0 Å². The van der Waals surface area contributed by atoms with Crippen LogP contribution in [0.15, 0.2) is 17.0 Å². The van der Waals surface area contributed by atoms with Crippen molar-refractivity contribution in [2.75, 3.05) is 12.3 Å². The van der Waals surface area contributed by atoms with E-state index in [-0.39, 0.29) is 6.04 Å². The second-order valence-electron chi connectivity index (χ2n) is 5.31. The first-order valence-electron chi connectivity index (χ1n) is 6.76.